The molecule has 3 aliphatic heterocycles. The van der Waals surface area contributed by atoms with E-state index in [0.717, 1.165) is 12.8 Å². The number of thioether (sulfide) groups is 1. The largest absolute Gasteiger partial charge is 0.465 e. The second kappa shape index (κ2) is 10.5. The Bertz CT molecular complexity index is 899. The number of allylic oxidation sites excluding steroid dienone is 1. The van der Waals surface area contributed by atoms with E-state index in [9.17, 15) is 19.5 Å². The van der Waals surface area contributed by atoms with Crippen molar-refractivity contribution >= 4 is 29.5 Å². The standard InChI is InChI=1S/C28H44N2O5S/c1-9-11-12-16-35-25(34)21-20-23(32)30(19(17-31)18(3)4)22(28(20)14-13-27(21,8)36-28)24(33)29(15-10-2)26(5,6)7/h9-10,18-22,31H,1-2,11-17H2,3-8H3/t19-,20-,21+,22?,27-,28?/m0/s1. The van der Waals surface area contributed by atoms with Crippen LogP contribution in [0.2, 0.25) is 0 Å². The summed E-state index contributed by atoms with van der Waals surface area (Å²) >= 11 is 1.63. The van der Waals surface area contributed by atoms with Gasteiger partial charge in [0.2, 0.25) is 11.8 Å². The number of carbonyl (C=O) groups is 3. The molecule has 3 fully saturated rings. The topological polar surface area (TPSA) is 87.1 Å². The summed E-state index contributed by atoms with van der Waals surface area (Å²) < 4.78 is 4.47. The number of esters is 1. The first kappa shape index (κ1) is 28.8. The minimum absolute atomic E-state index is 0.0611. The van der Waals surface area contributed by atoms with Gasteiger partial charge in [0.1, 0.15) is 6.04 Å². The van der Waals surface area contributed by atoms with Gasteiger partial charge >= 0.3 is 5.97 Å². The number of amides is 2. The van der Waals surface area contributed by atoms with Gasteiger partial charge in [-0.15, -0.1) is 24.9 Å². The summed E-state index contributed by atoms with van der Waals surface area (Å²) in [7, 11) is 0. The molecule has 3 saturated heterocycles. The predicted octanol–water partition coefficient (Wildman–Crippen LogP) is 3.81. The molecule has 3 heterocycles. The molecule has 2 amide bonds. The Morgan fingerprint density at radius 2 is 1.94 bits per heavy atom. The van der Waals surface area contributed by atoms with Gasteiger partial charge in [0.05, 0.1) is 35.8 Å². The highest BCUT2D eigenvalue weighted by Crippen LogP contribution is 2.72. The number of hydrogen-bond acceptors (Lipinski definition) is 6. The molecular weight excluding hydrogens is 476 g/mol. The maximum atomic E-state index is 14.4. The highest BCUT2D eigenvalue weighted by Gasteiger charge is 2.78. The van der Waals surface area contributed by atoms with E-state index in [4.69, 9.17) is 4.74 Å². The van der Waals surface area contributed by atoms with Crippen LogP contribution in [-0.4, -0.2) is 79.6 Å². The minimum Gasteiger partial charge on any atom is -0.465 e. The summed E-state index contributed by atoms with van der Waals surface area (Å²) in [4.78, 5) is 45.5. The molecule has 1 N–H and O–H groups in total. The number of aliphatic hydroxyl groups excluding tert-OH is 1. The summed E-state index contributed by atoms with van der Waals surface area (Å²) in [6.45, 7) is 19.8. The smallest absolute Gasteiger partial charge is 0.311 e. The average molecular weight is 521 g/mol. The number of rotatable bonds is 11. The van der Waals surface area contributed by atoms with E-state index in [1.165, 1.54) is 0 Å². The second-order valence-electron chi connectivity index (χ2n) is 12.0. The van der Waals surface area contributed by atoms with Gasteiger partial charge in [0, 0.05) is 16.8 Å². The Morgan fingerprint density at radius 3 is 2.47 bits per heavy atom. The summed E-state index contributed by atoms with van der Waals surface area (Å²) in [6.07, 6.45) is 6.32. The van der Waals surface area contributed by atoms with Crippen molar-refractivity contribution in [3.05, 3.63) is 25.3 Å². The molecule has 202 valence electrons. The first-order chi connectivity index (χ1) is 16.8. The van der Waals surface area contributed by atoms with Gasteiger partial charge in [0.25, 0.3) is 0 Å². The fourth-order valence-corrected chi connectivity index (χ4v) is 8.77. The number of likely N-dealkylation sites (tertiary alicyclic amines) is 1. The van der Waals surface area contributed by atoms with E-state index in [0.29, 0.717) is 19.4 Å². The van der Waals surface area contributed by atoms with E-state index in [1.54, 1.807) is 33.7 Å². The van der Waals surface area contributed by atoms with Crippen LogP contribution in [0.25, 0.3) is 0 Å². The number of hydrogen-bond donors (Lipinski definition) is 1. The van der Waals surface area contributed by atoms with Crippen LogP contribution in [0.15, 0.2) is 25.3 Å². The van der Waals surface area contributed by atoms with Crippen molar-refractivity contribution in [2.45, 2.75) is 94.3 Å². The molecule has 2 unspecified atom stereocenters. The fraction of sp³-hybridized carbons (Fsp3) is 0.750. The highest BCUT2D eigenvalue weighted by molar-refractivity contribution is 8.02. The monoisotopic (exact) mass is 520 g/mol. The predicted molar refractivity (Wildman–Crippen MR) is 143 cm³/mol. The second-order valence-corrected chi connectivity index (χ2v) is 13.9. The van der Waals surface area contributed by atoms with E-state index in [2.05, 4.69) is 13.2 Å². The van der Waals surface area contributed by atoms with Crippen LogP contribution >= 0.6 is 11.8 Å². The lowest BCUT2D eigenvalue weighted by Crippen LogP contribution is -2.61. The molecule has 2 bridgehead atoms. The van der Waals surface area contributed by atoms with Gasteiger partial charge in [-0.2, -0.15) is 0 Å². The van der Waals surface area contributed by atoms with Crippen LogP contribution in [0.4, 0.5) is 0 Å². The lowest BCUT2D eigenvalue weighted by atomic mass is 9.66. The Morgan fingerprint density at radius 1 is 1.28 bits per heavy atom. The maximum Gasteiger partial charge on any atom is 0.311 e. The normalized spacial score (nSPS) is 31.9. The third-order valence-corrected chi connectivity index (χ3v) is 10.2. The summed E-state index contributed by atoms with van der Waals surface area (Å²) in [5.74, 6) is -2.05. The maximum absolute atomic E-state index is 14.4. The molecular formula is C28H44N2O5S. The molecule has 0 aromatic rings. The van der Waals surface area contributed by atoms with Crippen molar-refractivity contribution in [2.75, 3.05) is 19.8 Å². The zero-order valence-electron chi connectivity index (χ0n) is 22.8. The molecule has 0 aliphatic carbocycles. The molecule has 1 spiro atoms. The molecule has 0 saturated carbocycles. The molecule has 36 heavy (non-hydrogen) atoms. The van der Waals surface area contributed by atoms with E-state index in [1.807, 2.05) is 41.5 Å². The quantitative estimate of drug-likeness (QED) is 0.253. The average Bonchev–Trinajstić information content (AvgIpc) is 3.35. The molecule has 7 nitrogen and oxygen atoms in total. The van der Waals surface area contributed by atoms with Crippen molar-refractivity contribution in [2.24, 2.45) is 17.8 Å². The Labute approximate surface area is 220 Å². The number of ether oxygens (including phenoxy) is 1. The molecule has 3 aliphatic rings. The molecule has 0 aromatic heterocycles. The van der Waals surface area contributed by atoms with E-state index < -0.39 is 39.0 Å². The number of nitrogens with zero attached hydrogens (tertiary/aromatic N) is 2. The van der Waals surface area contributed by atoms with Crippen LogP contribution in [0.3, 0.4) is 0 Å². The van der Waals surface area contributed by atoms with Gasteiger partial charge in [-0.25, -0.2) is 0 Å². The van der Waals surface area contributed by atoms with Gasteiger partial charge in [-0.3, -0.25) is 14.4 Å². The lowest BCUT2D eigenvalue weighted by Gasteiger charge is -2.44. The lowest BCUT2D eigenvalue weighted by molar-refractivity contribution is -0.156. The molecule has 0 radical (unpaired) electrons. The van der Waals surface area contributed by atoms with Crippen molar-refractivity contribution in [1.82, 2.24) is 9.80 Å². The number of aliphatic hydroxyl groups is 1. The zero-order valence-corrected chi connectivity index (χ0v) is 23.6. The van der Waals surface area contributed by atoms with Crippen molar-refractivity contribution in [3.8, 4) is 0 Å². The van der Waals surface area contributed by atoms with Crippen LogP contribution in [-0.2, 0) is 19.1 Å². The SMILES string of the molecule is C=CCCCOC(=O)[C@H]1[C@H]2C(=O)N([C@@H](CO)C(C)C)C(C(=O)N(CC=C)C(C)(C)C)C23CC[C@]1(C)S3. The van der Waals surface area contributed by atoms with Crippen molar-refractivity contribution in [1.29, 1.82) is 0 Å². The Hall–Kier alpha value is -1.80. The summed E-state index contributed by atoms with van der Waals surface area (Å²) in [5.41, 5.74) is -0.490. The van der Waals surface area contributed by atoms with Gasteiger partial charge in [0.15, 0.2) is 0 Å². The summed E-state index contributed by atoms with van der Waals surface area (Å²) in [6, 6.07) is -1.28. The van der Waals surface area contributed by atoms with Gasteiger partial charge in [-0.1, -0.05) is 26.0 Å². The molecule has 0 aromatic carbocycles. The van der Waals surface area contributed by atoms with Gasteiger partial charge in [-0.05, 0) is 59.3 Å². The third kappa shape index (κ3) is 4.64. The first-order valence-electron chi connectivity index (χ1n) is 13.1. The van der Waals surface area contributed by atoms with E-state index in [-0.39, 0.29) is 36.9 Å². The minimum atomic E-state index is -0.765. The highest BCUT2D eigenvalue weighted by atomic mass is 32.2. The molecule has 8 heteroatoms. The van der Waals surface area contributed by atoms with Crippen molar-refractivity contribution < 1.29 is 24.2 Å². The number of carbonyl (C=O) groups excluding carboxylic acids is 3. The number of fused-ring (bicyclic) bond motifs is 1. The van der Waals surface area contributed by atoms with E-state index >= 15 is 0 Å². The van der Waals surface area contributed by atoms with Crippen LogP contribution in [0, 0.1) is 17.8 Å². The van der Waals surface area contributed by atoms with Crippen LogP contribution in [0.5, 0.6) is 0 Å². The number of unbranched alkanes of at least 4 members (excludes halogenated alkanes) is 1. The van der Waals surface area contributed by atoms with Crippen LogP contribution in [0.1, 0.15) is 67.2 Å². The van der Waals surface area contributed by atoms with Crippen LogP contribution < -0.4 is 0 Å². The van der Waals surface area contributed by atoms with Gasteiger partial charge < -0.3 is 19.6 Å². The molecule has 6 atom stereocenters. The summed E-state index contributed by atoms with van der Waals surface area (Å²) in [5, 5.41) is 10.4. The fourth-order valence-electron chi connectivity index (χ4n) is 6.44. The van der Waals surface area contributed by atoms with Crippen molar-refractivity contribution in [3.63, 3.8) is 0 Å². The molecule has 3 rings (SSSR count). The zero-order chi connectivity index (χ0) is 27.1. The Balaban J connectivity index is 2.09. The Kier molecular flexibility index (Phi) is 8.41. The first-order valence-corrected chi connectivity index (χ1v) is 14.0. The third-order valence-electron chi connectivity index (χ3n) is 8.20.